The molecular weight excluding hydrogens is 304 g/mol. The van der Waals surface area contributed by atoms with Gasteiger partial charge in [-0.1, -0.05) is 12.8 Å². The zero-order chi connectivity index (χ0) is 17.2. The van der Waals surface area contributed by atoms with Crippen LogP contribution in [0.5, 0.6) is 0 Å². The van der Waals surface area contributed by atoms with E-state index in [1.807, 2.05) is 25.7 Å². The molecule has 1 N–H and O–H groups in total. The third kappa shape index (κ3) is 4.63. The molecule has 3 aliphatic rings. The van der Waals surface area contributed by atoms with Gasteiger partial charge in [0.05, 0.1) is 5.60 Å². The van der Waals surface area contributed by atoms with E-state index in [-0.39, 0.29) is 11.7 Å². The minimum absolute atomic E-state index is 0.170. The molecule has 1 amide bonds. The second-order valence-corrected chi connectivity index (χ2v) is 8.84. The van der Waals surface area contributed by atoms with Crippen LogP contribution in [-0.2, 0) is 9.47 Å². The van der Waals surface area contributed by atoms with Crippen LogP contribution in [0.4, 0.5) is 4.79 Å². The number of carbonyl (C=O) groups is 1. The van der Waals surface area contributed by atoms with E-state index in [9.17, 15) is 4.79 Å². The first kappa shape index (κ1) is 18.0. The summed E-state index contributed by atoms with van der Waals surface area (Å²) in [6.45, 7) is 8.24. The summed E-state index contributed by atoms with van der Waals surface area (Å²) in [5.41, 5.74) is -0.239. The highest BCUT2D eigenvalue weighted by atomic mass is 16.6. The number of carbonyl (C=O) groups excluding carboxylic acids is 1. The average Bonchev–Trinajstić information content (AvgIpc) is 2.94. The van der Waals surface area contributed by atoms with E-state index in [0.717, 1.165) is 39.0 Å². The van der Waals surface area contributed by atoms with E-state index in [4.69, 9.17) is 9.47 Å². The molecule has 0 aromatic carbocycles. The van der Waals surface area contributed by atoms with E-state index < -0.39 is 5.60 Å². The number of nitrogens with one attached hydrogen (secondary N) is 1. The van der Waals surface area contributed by atoms with E-state index in [1.165, 1.54) is 32.1 Å². The molecule has 1 atom stereocenters. The van der Waals surface area contributed by atoms with Crippen LogP contribution in [0.3, 0.4) is 0 Å². The van der Waals surface area contributed by atoms with E-state index in [0.29, 0.717) is 12.1 Å². The van der Waals surface area contributed by atoms with Gasteiger partial charge in [-0.3, -0.25) is 0 Å². The maximum atomic E-state index is 12.1. The maximum absolute atomic E-state index is 12.1. The molecular formula is C19H34N2O3. The molecule has 2 aliphatic heterocycles. The molecule has 0 aromatic heterocycles. The monoisotopic (exact) mass is 338 g/mol. The molecule has 2 saturated heterocycles. The van der Waals surface area contributed by atoms with Crippen LogP contribution in [-0.4, -0.2) is 54.0 Å². The third-order valence-corrected chi connectivity index (χ3v) is 5.63. The van der Waals surface area contributed by atoms with Crippen LogP contribution in [0.15, 0.2) is 0 Å². The van der Waals surface area contributed by atoms with Gasteiger partial charge in [-0.15, -0.1) is 0 Å². The van der Waals surface area contributed by atoms with Gasteiger partial charge in [0.15, 0.2) is 0 Å². The quantitative estimate of drug-likeness (QED) is 0.838. The molecule has 138 valence electrons. The normalized spacial score (nSPS) is 28.3. The number of ether oxygens (including phenoxy) is 2. The zero-order valence-electron chi connectivity index (χ0n) is 15.6. The lowest BCUT2D eigenvalue weighted by molar-refractivity contribution is -0.0853. The maximum Gasteiger partial charge on any atom is 0.410 e. The van der Waals surface area contributed by atoms with E-state index >= 15 is 0 Å². The number of hydrogen-bond donors (Lipinski definition) is 1. The fourth-order valence-corrected chi connectivity index (χ4v) is 4.43. The van der Waals surface area contributed by atoms with Crippen molar-refractivity contribution in [1.29, 1.82) is 0 Å². The van der Waals surface area contributed by atoms with Crippen LogP contribution in [0.25, 0.3) is 0 Å². The predicted octanol–water partition coefficient (Wildman–Crippen LogP) is 3.47. The van der Waals surface area contributed by atoms with Crippen molar-refractivity contribution in [3.05, 3.63) is 0 Å². The lowest BCUT2D eigenvalue weighted by Gasteiger charge is -2.41. The van der Waals surface area contributed by atoms with Crippen molar-refractivity contribution >= 4 is 6.09 Å². The standard InChI is InChI=1S/C19H34N2O3/c1-18(2,3)24-17(22)21-11-6-15(7-12-21)20-16-8-13-23-19(14-16)9-4-5-10-19/h15-16,20H,4-14H2,1-3H3. The summed E-state index contributed by atoms with van der Waals surface area (Å²) in [4.78, 5) is 14.0. The second kappa shape index (κ2) is 7.20. The molecule has 5 heteroatoms. The lowest BCUT2D eigenvalue weighted by Crippen LogP contribution is -2.52. The van der Waals surface area contributed by atoms with Gasteiger partial charge in [0.1, 0.15) is 5.60 Å². The summed E-state index contributed by atoms with van der Waals surface area (Å²) in [5.74, 6) is 0. The molecule has 0 bridgehead atoms. The Bertz CT molecular complexity index is 432. The summed E-state index contributed by atoms with van der Waals surface area (Å²) in [6, 6.07) is 1.10. The second-order valence-electron chi connectivity index (χ2n) is 8.84. The minimum atomic E-state index is -0.413. The molecule has 1 spiro atoms. The van der Waals surface area contributed by atoms with Crippen LogP contribution < -0.4 is 5.32 Å². The van der Waals surface area contributed by atoms with Gasteiger partial charge >= 0.3 is 6.09 Å². The Kier molecular flexibility index (Phi) is 5.40. The molecule has 5 nitrogen and oxygen atoms in total. The highest BCUT2D eigenvalue weighted by molar-refractivity contribution is 5.68. The average molecular weight is 338 g/mol. The Morgan fingerprint density at radius 2 is 1.79 bits per heavy atom. The van der Waals surface area contributed by atoms with Crippen molar-refractivity contribution in [2.24, 2.45) is 0 Å². The molecule has 24 heavy (non-hydrogen) atoms. The molecule has 3 fully saturated rings. The van der Waals surface area contributed by atoms with E-state index in [1.54, 1.807) is 0 Å². The van der Waals surface area contributed by atoms with Gasteiger partial charge in [-0.05, 0) is 59.3 Å². The smallest absolute Gasteiger partial charge is 0.410 e. The van der Waals surface area contributed by atoms with Crippen LogP contribution in [0.1, 0.15) is 72.1 Å². The number of hydrogen-bond acceptors (Lipinski definition) is 4. The van der Waals surface area contributed by atoms with Gasteiger partial charge in [-0.25, -0.2) is 4.79 Å². The van der Waals surface area contributed by atoms with Crippen LogP contribution in [0.2, 0.25) is 0 Å². The molecule has 0 aromatic rings. The van der Waals surface area contributed by atoms with Crippen LogP contribution in [0, 0.1) is 0 Å². The molecule has 3 rings (SSSR count). The fourth-order valence-electron chi connectivity index (χ4n) is 4.43. The zero-order valence-corrected chi connectivity index (χ0v) is 15.6. The summed E-state index contributed by atoms with van der Waals surface area (Å²) >= 11 is 0. The van der Waals surface area contributed by atoms with Gasteiger partial charge < -0.3 is 19.7 Å². The van der Waals surface area contributed by atoms with Gasteiger partial charge in [0.25, 0.3) is 0 Å². The first-order valence-electron chi connectivity index (χ1n) is 9.73. The van der Waals surface area contributed by atoms with Gasteiger partial charge in [0.2, 0.25) is 0 Å². The largest absolute Gasteiger partial charge is 0.444 e. The van der Waals surface area contributed by atoms with Crippen molar-refractivity contribution in [1.82, 2.24) is 10.2 Å². The summed E-state index contributed by atoms with van der Waals surface area (Å²) < 4.78 is 11.6. The fraction of sp³-hybridized carbons (Fsp3) is 0.947. The highest BCUT2D eigenvalue weighted by Gasteiger charge is 2.40. The van der Waals surface area contributed by atoms with Gasteiger partial charge in [-0.2, -0.15) is 0 Å². The minimum Gasteiger partial charge on any atom is -0.444 e. The van der Waals surface area contributed by atoms with Crippen molar-refractivity contribution in [3.63, 3.8) is 0 Å². The summed E-state index contributed by atoms with van der Waals surface area (Å²) in [5, 5.41) is 3.86. The number of piperidine rings is 1. The Hall–Kier alpha value is -0.810. The summed E-state index contributed by atoms with van der Waals surface area (Å²) in [7, 11) is 0. The van der Waals surface area contributed by atoms with Crippen molar-refractivity contribution < 1.29 is 14.3 Å². The summed E-state index contributed by atoms with van der Waals surface area (Å²) in [6.07, 6.45) is 9.27. The number of nitrogens with zero attached hydrogens (tertiary/aromatic N) is 1. The van der Waals surface area contributed by atoms with Crippen LogP contribution >= 0.6 is 0 Å². The van der Waals surface area contributed by atoms with Crippen molar-refractivity contribution in [2.45, 2.75) is 95.4 Å². The number of rotatable bonds is 2. The Morgan fingerprint density at radius 1 is 1.12 bits per heavy atom. The Morgan fingerprint density at radius 3 is 2.42 bits per heavy atom. The SMILES string of the molecule is CC(C)(C)OC(=O)N1CCC(NC2CCOC3(CCCC3)C2)CC1. The topological polar surface area (TPSA) is 50.8 Å². The molecule has 2 heterocycles. The first-order valence-corrected chi connectivity index (χ1v) is 9.73. The van der Waals surface area contributed by atoms with Crippen molar-refractivity contribution in [3.8, 4) is 0 Å². The Balaban J connectivity index is 1.43. The predicted molar refractivity (Wildman–Crippen MR) is 94.1 cm³/mol. The third-order valence-electron chi connectivity index (χ3n) is 5.63. The molecule has 0 radical (unpaired) electrons. The molecule has 1 saturated carbocycles. The van der Waals surface area contributed by atoms with Crippen molar-refractivity contribution in [2.75, 3.05) is 19.7 Å². The van der Waals surface area contributed by atoms with E-state index in [2.05, 4.69) is 5.32 Å². The highest BCUT2D eigenvalue weighted by Crippen LogP contribution is 2.40. The number of likely N-dealkylation sites (tertiary alicyclic amines) is 1. The first-order chi connectivity index (χ1) is 11.4. The molecule has 1 aliphatic carbocycles. The Labute approximate surface area is 146 Å². The van der Waals surface area contributed by atoms with Gasteiger partial charge in [0, 0.05) is 31.8 Å². The molecule has 1 unspecified atom stereocenters. The number of amides is 1. The lowest BCUT2D eigenvalue weighted by atomic mass is 9.88.